The van der Waals surface area contributed by atoms with Crippen LogP contribution in [0, 0.1) is 17.3 Å². The predicted molar refractivity (Wildman–Crippen MR) is 156 cm³/mol. The summed E-state index contributed by atoms with van der Waals surface area (Å²) in [5, 5.41) is 50.1. The Balaban J connectivity index is 1.95. The molecule has 4 atom stereocenters. The van der Waals surface area contributed by atoms with Gasteiger partial charge >= 0.3 is 0 Å². The fourth-order valence-corrected chi connectivity index (χ4v) is 6.88. The summed E-state index contributed by atoms with van der Waals surface area (Å²) in [6, 6.07) is 0.686. The number of hydrogen-bond donors (Lipinski definition) is 5. The molecular weight excluding hydrogens is 542 g/mol. The lowest BCUT2D eigenvalue weighted by Gasteiger charge is -2.50. The number of Topliss-reactive ketones (excluding diaryl/α,β-unsaturated/α-hetero) is 2. The summed E-state index contributed by atoms with van der Waals surface area (Å²) in [6.07, 6.45) is 2.32. The zero-order chi connectivity index (χ0) is 31.5. The molecule has 6 N–H and O–H groups in total. The van der Waals surface area contributed by atoms with Gasteiger partial charge in [0.1, 0.15) is 30.0 Å². The summed E-state index contributed by atoms with van der Waals surface area (Å²) < 4.78 is 0. The van der Waals surface area contributed by atoms with Crippen LogP contribution in [0.5, 0.6) is 5.75 Å². The molecule has 3 aliphatic carbocycles. The molecule has 0 bridgehead atoms. The molecule has 0 aromatic heterocycles. The van der Waals surface area contributed by atoms with Crippen molar-refractivity contribution in [1.82, 2.24) is 4.90 Å². The molecule has 11 nitrogen and oxygen atoms in total. The van der Waals surface area contributed by atoms with Gasteiger partial charge in [-0.15, -0.1) is 0 Å². The van der Waals surface area contributed by atoms with Crippen molar-refractivity contribution in [3.63, 3.8) is 0 Å². The number of amides is 1. The number of primary amides is 1. The Hall–Kier alpha value is -3.70. The van der Waals surface area contributed by atoms with Crippen LogP contribution in [-0.4, -0.2) is 81.4 Å². The number of benzene rings is 1. The highest BCUT2D eigenvalue weighted by molar-refractivity contribution is 6.24. The molecule has 0 spiro atoms. The summed E-state index contributed by atoms with van der Waals surface area (Å²) in [7, 11) is 4.54. The van der Waals surface area contributed by atoms with Crippen LogP contribution in [0.3, 0.4) is 0 Å². The molecule has 11 heteroatoms. The molecule has 42 heavy (non-hydrogen) atoms. The van der Waals surface area contributed by atoms with Crippen LogP contribution < -0.4 is 5.73 Å². The van der Waals surface area contributed by atoms with E-state index < -0.39 is 58.0 Å². The summed E-state index contributed by atoms with van der Waals surface area (Å²) in [4.78, 5) is 46.1. The van der Waals surface area contributed by atoms with Gasteiger partial charge in [0.25, 0.3) is 5.91 Å². The first-order chi connectivity index (χ1) is 19.5. The topological polar surface area (TPSA) is 183 Å². The van der Waals surface area contributed by atoms with Crippen molar-refractivity contribution in [2.45, 2.75) is 71.4 Å². The maximum absolute atomic E-state index is 14.1. The van der Waals surface area contributed by atoms with Crippen LogP contribution in [0.1, 0.15) is 69.2 Å². The normalized spacial score (nSPS) is 26.3. The van der Waals surface area contributed by atoms with Crippen molar-refractivity contribution < 1.29 is 39.6 Å². The number of aliphatic hydroxyl groups is 3. The van der Waals surface area contributed by atoms with Crippen molar-refractivity contribution in [3.8, 4) is 5.75 Å². The third-order valence-corrected chi connectivity index (χ3v) is 8.79. The number of phenolic OH excluding ortho intramolecular Hbond substituents is 1. The molecule has 4 rings (SSSR count). The van der Waals surface area contributed by atoms with Crippen LogP contribution >= 0.6 is 0 Å². The quantitative estimate of drug-likeness (QED) is 0.183. The van der Waals surface area contributed by atoms with E-state index >= 15 is 0 Å². The van der Waals surface area contributed by atoms with Crippen LogP contribution in [0.2, 0.25) is 0 Å². The van der Waals surface area contributed by atoms with E-state index in [0.29, 0.717) is 28.8 Å². The lowest BCUT2D eigenvalue weighted by atomic mass is 9.57. The predicted octanol–water partition coefficient (Wildman–Crippen LogP) is 2.70. The van der Waals surface area contributed by atoms with E-state index in [-0.39, 0.29) is 35.1 Å². The van der Waals surface area contributed by atoms with E-state index in [0.717, 1.165) is 12.8 Å². The van der Waals surface area contributed by atoms with Gasteiger partial charge in [0.2, 0.25) is 5.78 Å². The van der Waals surface area contributed by atoms with Crippen LogP contribution in [0.15, 0.2) is 28.1 Å². The molecule has 0 heterocycles. The third kappa shape index (κ3) is 4.88. The van der Waals surface area contributed by atoms with Crippen LogP contribution in [-0.2, 0) is 32.1 Å². The molecule has 3 aliphatic rings. The van der Waals surface area contributed by atoms with Gasteiger partial charge in [0, 0.05) is 17.1 Å². The number of fused-ring (bicyclic) bond motifs is 3. The Morgan fingerprint density at radius 3 is 2.40 bits per heavy atom. The number of oxime groups is 1. The van der Waals surface area contributed by atoms with Crippen molar-refractivity contribution in [2.75, 3.05) is 21.2 Å². The fraction of sp³-hybridized carbons (Fsp3) is 0.548. The largest absolute Gasteiger partial charge is 0.508 e. The summed E-state index contributed by atoms with van der Waals surface area (Å²) in [6.45, 7) is 8.11. The van der Waals surface area contributed by atoms with E-state index in [2.05, 4.69) is 25.9 Å². The average molecular weight is 584 g/mol. The first kappa shape index (κ1) is 31.2. The van der Waals surface area contributed by atoms with Gasteiger partial charge in [-0.3, -0.25) is 19.3 Å². The van der Waals surface area contributed by atoms with E-state index in [1.54, 1.807) is 21.0 Å². The molecule has 1 aromatic carbocycles. The molecule has 0 radical (unpaired) electrons. The monoisotopic (exact) mass is 583 g/mol. The highest BCUT2D eigenvalue weighted by atomic mass is 16.6. The second-order valence-electron chi connectivity index (χ2n) is 13.0. The zero-order valence-electron chi connectivity index (χ0n) is 25.2. The number of carbonyl (C=O) groups is 3. The minimum Gasteiger partial charge on any atom is -0.508 e. The van der Waals surface area contributed by atoms with Gasteiger partial charge in [-0.2, -0.15) is 0 Å². The number of aryl methyl sites for hydroxylation is 1. The molecule has 228 valence electrons. The standard InChI is InChI=1S/C31H41N3O8/c1-14(33-42-7)17-11-15(9-8-10-30(2,3)4)24(35)21-18(17)12-16-13-19-23(34(5)6)26(37)22(29(32)40)28(39)31(19,41)27(38)20(16)25(21)36/h11,16,19,23,35-36,39,41H,8-10,12-13H2,1-7H3,(H2,32,40)/b33-14+/t16-,19+,23-,31-/m1/s1. The van der Waals surface area contributed by atoms with Crippen molar-refractivity contribution >= 4 is 28.9 Å². The van der Waals surface area contributed by atoms with E-state index in [1.807, 2.05) is 6.07 Å². The Labute approximate surface area is 245 Å². The maximum Gasteiger partial charge on any atom is 0.255 e. The lowest BCUT2D eigenvalue weighted by Crippen LogP contribution is -2.65. The molecule has 1 saturated carbocycles. The molecular formula is C31H41N3O8. The van der Waals surface area contributed by atoms with Gasteiger partial charge < -0.3 is 31.0 Å². The number of nitrogens with two attached hydrogens (primary N) is 1. The molecule has 1 amide bonds. The third-order valence-electron chi connectivity index (χ3n) is 8.79. The van der Waals surface area contributed by atoms with Crippen LogP contribution in [0.25, 0.3) is 5.76 Å². The van der Waals surface area contributed by atoms with E-state index in [9.17, 15) is 34.8 Å². The highest BCUT2D eigenvalue weighted by Crippen LogP contribution is 2.53. The molecule has 0 unspecified atom stereocenters. The molecule has 0 saturated heterocycles. The lowest BCUT2D eigenvalue weighted by molar-refractivity contribution is -0.153. The van der Waals surface area contributed by atoms with Crippen molar-refractivity contribution in [3.05, 3.63) is 45.2 Å². The zero-order valence-corrected chi connectivity index (χ0v) is 25.2. The number of phenols is 1. The molecule has 0 aliphatic heterocycles. The smallest absolute Gasteiger partial charge is 0.255 e. The molecule has 1 aromatic rings. The Kier molecular flexibility index (Phi) is 8.07. The van der Waals surface area contributed by atoms with Gasteiger partial charge in [0.15, 0.2) is 11.4 Å². The first-order valence-electron chi connectivity index (χ1n) is 14.1. The average Bonchev–Trinajstić information content (AvgIpc) is 2.86. The number of likely N-dealkylation sites (N-methyl/N-ethyl adjacent to an activating group) is 1. The van der Waals surface area contributed by atoms with E-state index in [1.165, 1.54) is 12.0 Å². The Morgan fingerprint density at radius 2 is 1.86 bits per heavy atom. The summed E-state index contributed by atoms with van der Waals surface area (Å²) >= 11 is 0. The van der Waals surface area contributed by atoms with Gasteiger partial charge in [-0.05, 0) is 81.6 Å². The number of nitrogens with zero attached hydrogens (tertiary/aromatic N) is 2. The maximum atomic E-state index is 14.1. The minimum atomic E-state index is -2.68. The fourth-order valence-electron chi connectivity index (χ4n) is 6.88. The Morgan fingerprint density at radius 1 is 1.21 bits per heavy atom. The van der Waals surface area contributed by atoms with Gasteiger partial charge in [0.05, 0.1) is 17.3 Å². The SMILES string of the molecule is CO/N=C(\C)c1cc(CCCC(C)(C)C)c(O)c2c1C[C@@H]1C[C@H]3[C@@H](N(C)C)C(=O)C(C(N)=O)=C(O)[C@]3(O)C(=O)C1=C2O. The van der Waals surface area contributed by atoms with Gasteiger partial charge in [-0.1, -0.05) is 25.9 Å². The summed E-state index contributed by atoms with van der Waals surface area (Å²) in [5.41, 5.74) is 4.07. The van der Waals surface area contributed by atoms with Crippen molar-refractivity contribution in [1.29, 1.82) is 0 Å². The number of rotatable bonds is 7. The van der Waals surface area contributed by atoms with Crippen molar-refractivity contribution in [2.24, 2.45) is 28.1 Å². The number of hydrogen-bond acceptors (Lipinski definition) is 10. The number of aromatic hydroxyl groups is 1. The Bertz CT molecular complexity index is 1450. The number of ketones is 2. The minimum absolute atomic E-state index is 0.0137. The molecule has 1 fully saturated rings. The first-order valence-corrected chi connectivity index (χ1v) is 14.1. The number of carbonyl (C=O) groups excluding carboxylic acids is 3. The van der Waals surface area contributed by atoms with Crippen LogP contribution in [0.4, 0.5) is 0 Å². The summed E-state index contributed by atoms with van der Waals surface area (Å²) in [5.74, 6) is -6.72. The highest BCUT2D eigenvalue weighted by Gasteiger charge is 2.64. The van der Waals surface area contributed by atoms with E-state index in [4.69, 9.17) is 10.6 Å². The van der Waals surface area contributed by atoms with Gasteiger partial charge in [-0.25, -0.2) is 0 Å². The second kappa shape index (κ2) is 10.9. The second-order valence-corrected chi connectivity index (χ2v) is 13.0. The number of aliphatic hydroxyl groups excluding tert-OH is 2.